The fourth-order valence-electron chi connectivity index (χ4n) is 2.38. The zero-order valence-electron chi connectivity index (χ0n) is 10.8. The highest BCUT2D eigenvalue weighted by atomic mass is 16.5. The van der Waals surface area contributed by atoms with Gasteiger partial charge in [0.2, 0.25) is 0 Å². The third-order valence-corrected chi connectivity index (χ3v) is 3.65. The maximum absolute atomic E-state index is 9.21. The molecule has 1 heterocycles. The van der Waals surface area contributed by atoms with Crippen LogP contribution in [0.4, 0.5) is 0 Å². The SMILES string of the molecule is CC1OCCC1CNCC(C#N)c1ccccc1. The van der Waals surface area contributed by atoms with E-state index in [0.717, 1.165) is 25.1 Å². The first kappa shape index (κ1) is 13.1. The largest absolute Gasteiger partial charge is 0.378 e. The van der Waals surface area contributed by atoms with Gasteiger partial charge in [0.15, 0.2) is 0 Å². The average Bonchev–Trinajstić information content (AvgIpc) is 2.81. The summed E-state index contributed by atoms with van der Waals surface area (Å²) >= 11 is 0. The molecule has 0 aliphatic carbocycles. The lowest BCUT2D eigenvalue weighted by molar-refractivity contribution is 0.105. The summed E-state index contributed by atoms with van der Waals surface area (Å²) in [5, 5.41) is 12.6. The second-order valence-electron chi connectivity index (χ2n) is 4.88. The first-order valence-electron chi connectivity index (χ1n) is 6.58. The normalized spacial score (nSPS) is 24.7. The maximum Gasteiger partial charge on any atom is 0.0837 e. The number of hydrogen-bond acceptors (Lipinski definition) is 3. The van der Waals surface area contributed by atoms with E-state index in [1.165, 1.54) is 0 Å². The monoisotopic (exact) mass is 244 g/mol. The molecule has 3 atom stereocenters. The number of ether oxygens (including phenoxy) is 1. The third-order valence-electron chi connectivity index (χ3n) is 3.65. The van der Waals surface area contributed by atoms with Gasteiger partial charge in [0, 0.05) is 19.7 Å². The van der Waals surface area contributed by atoms with E-state index in [1.807, 2.05) is 30.3 Å². The number of benzene rings is 1. The molecule has 1 saturated heterocycles. The summed E-state index contributed by atoms with van der Waals surface area (Å²) in [7, 11) is 0. The Hall–Kier alpha value is -1.37. The maximum atomic E-state index is 9.21. The second-order valence-corrected chi connectivity index (χ2v) is 4.88. The molecule has 0 bridgehead atoms. The lowest BCUT2D eigenvalue weighted by Crippen LogP contribution is -2.30. The predicted octanol–water partition coefficient (Wildman–Crippen LogP) is 2.31. The zero-order valence-corrected chi connectivity index (χ0v) is 10.8. The molecule has 18 heavy (non-hydrogen) atoms. The molecular formula is C15H20N2O. The molecule has 1 aromatic carbocycles. The fourth-order valence-corrected chi connectivity index (χ4v) is 2.38. The first-order valence-corrected chi connectivity index (χ1v) is 6.58. The van der Waals surface area contributed by atoms with Crippen LogP contribution in [-0.2, 0) is 4.74 Å². The van der Waals surface area contributed by atoms with Crippen molar-refractivity contribution in [3.63, 3.8) is 0 Å². The van der Waals surface area contributed by atoms with Gasteiger partial charge in [0.1, 0.15) is 0 Å². The van der Waals surface area contributed by atoms with Crippen LogP contribution in [-0.4, -0.2) is 25.8 Å². The van der Waals surface area contributed by atoms with E-state index in [0.29, 0.717) is 18.6 Å². The smallest absolute Gasteiger partial charge is 0.0837 e. The molecule has 0 saturated carbocycles. The Kier molecular flexibility index (Phi) is 4.74. The second kappa shape index (κ2) is 6.53. The van der Waals surface area contributed by atoms with Gasteiger partial charge in [-0.15, -0.1) is 0 Å². The van der Waals surface area contributed by atoms with Crippen molar-refractivity contribution in [1.29, 1.82) is 5.26 Å². The predicted molar refractivity (Wildman–Crippen MR) is 71.2 cm³/mol. The Bertz CT molecular complexity index is 399. The molecule has 2 rings (SSSR count). The first-order chi connectivity index (χ1) is 8.81. The van der Waals surface area contributed by atoms with E-state index in [9.17, 15) is 5.26 Å². The van der Waals surface area contributed by atoms with Crippen LogP contribution >= 0.6 is 0 Å². The Morgan fingerprint density at radius 2 is 2.22 bits per heavy atom. The van der Waals surface area contributed by atoms with Gasteiger partial charge in [-0.1, -0.05) is 30.3 Å². The fraction of sp³-hybridized carbons (Fsp3) is 0.533. The minimum atomic E-state index is -0.0659. The number of hydrogen-bond donors (Lipinski definition) is 1. The molecule has 96 valence electrons. The molecular weight excluding hydrogens is 224 g/mol. The van der Waals surface area contributed by atoms with Gasteiger partial charge >= 0.3 is 0 Å². The standard InChI is InChI=1S/C15H20N2O/c1-12-14(7-8-18-12)10-17-11-15(9-16)13-5-3-2-4-6-13/h2-6,12,14-15,17H,7-8,10-11H2,1H3. The van der Waals surface area contributed by atoms with Gasteiger partial charge in [-0.2, -0.15) is 5.26 Å². The lowest BCUT2D eigenvalue weighted by atomic mass is 9.99. The van der Waals surface area contributed by atoms with Crippen molar-refractivity contribution in [2.24, 2.45) is 5.92 Å². The Balaban J connectivity index is 1.80. The van der Waals surface area contributed by atoms with Gasteiger partial charge in [0.25, 0.3) is 0 Å². The molecule has 0 aromatic heterocycles. The quantitative estimate of drug-likeness (QED) is 0.864. The number of nitriles is 1. The van der Waals surface area contributed by atoms with Crippen molar-refractivity contribution in [3.8, 4) is 6.07 Å². The molecule has 1 aliphatic heterocycles. The Labute approximate surface area is 109 Å². The van der Waals surface area contributed by atoms with Crippen LogP contribution in [0.25, 0.3) is 0 Å². The molecule has 3 unspecified atom stereocenters. The van der Waals surface area contributed by atoms with E-state index in [2.05, 4.69) is 18.3 Å². The van der Waals surface area contributed by atoms with Crippen LogP contribution in [0.2, 0.25) is 0 Å². The van der Waals surface area contributed by atoms with Crippen molar-refractivity contribution in [1.82, 2.24) is 5.32 Å². The number of rotatable bonds is 5. The summed E-state index contributed by atoms with van der Waals surface area (Å²) in [5.74, 6) is 0.518. The molecule has 0 radical (unpaired) electrons. The van der Waals surface area contributed by atoms with E-state index >= 15 is 0 Å². The van der Waals surface area contributed by atoms with Crippen molar-refractivity contribution in [3.05, 3.63) is 35.9 Å². The van der Waals surface area contributed by atoms with Gasteiger partial charge in [-0.3, -0.25) is 0 Å². The molecule has 3 nitrogen and oxygen atoms in total. The Morgan fingerprint density at radius 3 is 2.83 bits per heavy atom. The van der Waals surface area contributed by atoms with Crippen LogP contribution in [0.1, 0.15) is 24.8 Å². The molecule has 3 heteroatoms. The van der Waals surface area contributed by atoms with Gasteiger partial charge in [0.05, 0.1) is 18.1 Å². The molecule has 0 amide bonds. The summed E-state index contributed by atoms with van der Waals surface area (Å²) in [6.45, 7) is 4.64. The minimum absolute atomic E-state index is 0.0659. The van der Waals surface area contributed by atoms with Crippen LogP contribution in [0, 0.1) is 17.2 Å². The number of nitrogens with zero attached hydrogens (tertiary/aromatic N) is 1. The summed E-state index contributed by atoms with van der Waals surface area (Å²) in [6, 6.07) is 12.3. The highest BCUT2D eigenvalue weighted by Gasteiger charge is 2.23. The highest BCUT2D eigenvalue weighted by Crippen LogP contribution is 2.20. The zero-order chi connectivity index (χ0) is 12.8. The summed E-state index contributed by atoms with van der Waals surface area (Å²) < 4.78 is 5.53. The topological polar surface area (TPSA) is 45.0 Å². The van der Waals surface area contributed by atoms with Gasteiger partial charge < -0.3 is 10.1 Å². The lowest BCUT2D eigenvalue weighted by Gasteiger charge is -2.16. The van der Waals surface area contributed by atoms with E-state index in [4.69, 9.17) is 4.74 Å². The summed E-state index contributed by atoms with van der Waals surface area (Å²) in [6.07, 6.45) is 1.46. The molecule has 1 N–H and O–H groups in total. The van der Waals surface area contributed by atoms with E-state index in [-0.39, 0.29) is 5.92 Å². The minimum Gasteiger partial charge on any atom is -0.378 e. The van der Waals surface area contributed by atoms with Crippen LogP contribution in [0.5, 0.6) is 0 Å². The summed E-state index contributed by atoms with van der Waals surface area (Å²) in [4.78, 5) is 0. The molecule has 1 aromatic rings. The van der Waals surface area contributed by atoms with Crippen molar-refractivity contribution < 1.29 is 4.74 Å². The molecule has 1 fully saturated rings. The van der Waals surface area contributed by atoms with Crippen molar-refractivity contribution in [2.75, 3.05) is 19.7 Å². The molecule has 1 aliphatic rings. The van der Waals surface area contributed by atoms with E-state index in [1.54, 1.807) is 0 Å². The molecule has 0 spiro atoms. The average molecular weight is 244 g/mol. The summed E-state index contributed by atoms with van der Waals surface area (Å²) in [5.41, 5.74) is 1.09. The van der Waals surface area contributed by atoms with Crippen LogP contribution < -0.4 is 5.32 Å². The van der Waals surface area contributed by atoms with Gasteiger partial charge in [-0.05, 0) is 24.8 Å². The highest BCUT2D eigenvalue weighted by molar-refractivity contribution is 5.24. The van der Waals surface area contributed by atoms with E-state index < -0.39 is 0 Å². The third kappa shape index (κ3) is 3.32. The van der Waals surface area contributed by atoms with Crippen LogP contribution in [0.15, 0.2) is 30.3 Å². The number of nitrogens with one attached hydrogen (secondary N) is 1. The van der Waals surface area contributed by atoms with Crippen molar-refractivity contribution >= 4 is 0 Å². The van der Waals surface area contributed by atoms with Gasteiger partial charge in [-0.25, -0.2) is 0 Å². The van der Waals surface area contributed by atoms with Crippen LogP contribution in [0.3, 0.4) is 0 Å². The Morgan fingerprint density at radius 1 is 1.44 bits per heavy atom. The van der Waals surface area contributed by atoms with Crippen molar-refractivity contribution in [2.45, 2.75) is 25.4 Å².